The maximum atomic E-state index is 11.1. The molecule has 0 atom stereocenters. The first-order valence-electron chi connectivity index (χ1n) is 6.40. The second kappa shape index (κ2) is 9.15. The Morgan fingerprint density at radius 1 is 1.48 bits per heavy atom. The van der Waals surface area contributed by atoms with E-state index in [0.717, 1.165) is 5.56 Å². The molecule has 1 rings (SSSR count). The van der Waals surface area contributed by atoms with Crippen LogP contribution >= 0.6 is 0 Å². The van der Waals surface area contributed by atoms with E-state index in [1.165, 1.54) is 6.21 Å². The summed E-state index contributed by atoms with van der Waals surface area (Å²) in [6, 6.07) is 7.03. The summed E-state index contributed by atoms with van der Waals surface area (Å²) < 4.78 is 11.0. The van der Waals surface area contributed by atoms with Crippen molar-refractivity contribution in [1.82, 2.24) is 5.43 Å². The topological polar surface area (TPSA) is 83.7 Å². The van der Waals surface area contributed by atoms with Crippen molar-refractivity contribution in [3.63, 3.8) is 0 Å². The Bertz CT molecular complexity index is 562. The molecule has 0 aliphatic heterocycles. The predicted molar refractivity (Wildman–Crippen MR) is 79.3 cm³/mol. The molecule has 0 bridgehead atoms. The van der Waals surface area contributed by atoms with Crippen LogP contribution in [0, 0.1) is 11.3 Å². The van der Waals surface area contributed by atoms with Gasteiger partial charge in [-0.3, -0.25) is 4.79 Å². The molecular weight excluding hydrogens is 270 g/mol. The van der Waals surface area contributed by atoms with Crippen LogP contribution in [0.3, 0.4) is 0 Å². The number of hydrazone groups is 1. The summed E-state index contributed by atoms with van der Waals surface area (Å²) in [5, 5.41) is 12.1. The van der Waals surface area contributed by atoms with Gasteiger partial charge in [-0.15, -0.1) is 0 Å². The Balaban J connectivity index is 2.77. The van der Waals surface area contributed by atoms with E-state index in [9.17, 15) is 4.79 Å². The van der Waals surface area contributed by atoms with Crippen molar-refractivity contribution < 1.29 is 14.3 Å². The highest BCUT2D eigenvalue weighted by molar-refractivity contribution is 5.83. The van der Waals surface area contributed by atoms with Crippen LogP contribution in [0.1, 0.15) is 18.9 Å². The fraction of sp³-hybridized carbons (Fsp3) is 0.267. The molecule has 0 heterocycles. The molecule has 0 spiro atoms. The van der Waals surface area contributed by atoms with Crippen molar-refractivity contribution in [2.75, 3.05) is 13.2 Å². The van der Waals surface area contributed by atoms with Crippen LogP contribution in [0.5, 0.6) is 11.5 Å². The van der Waals surface area contributed by atoms with Crippen LogP contribution in [0.2, 0.25) is 0 Å². The van der Waals surface area contributed by atoms with E-state index in [1.54, 1.807) is 30.3 Å². The highest BCUT2D eigenvalue weighted by Gasteiger charge is 2.05. The highest BCUT2D eigenvalue weighted by atomic mass is 16.5. The van der Waals surface area contributed by atoms with Gasteiger partial charge in [-0.2, -0.15) is 10.4 Å². The average Bonchev–Trinajstić information content (AvgIpc) is 2.47. The van der Waals surface area contributed by atoms with Crippen molar-refractivity contribution in [2.45, 2.75) is 13.3 Å². The fourth-order valence-corrected chi connectivity index (χ4v) is 1.43. The summed E-state index contributed by atoms with van der Waals surface area (Å²) in [5.74, 6) is 0.749. The number of carbonyl (C=O) groups excluding carboxylic acids is 1. The fourth-order valence-electron chi connectivity index (χ4n) is 1.43. The Hall–Kier alpha value is -2.81. The van der Waals surface area contributed by atoms with Crippen LogP contribution in [0.25, 0.3) is 0 Å². The number of hydrogen-bond donors (Lipinski definition) is 1. The minimum absolute atomic E-state index is 0.226. The lowest BCUT2D eigenvalue weighted by molar-refractivity contribution is -0.120. The third-order valence-electron chi connectivity index (χ3n) is 2.27. The lowest BCUT2D eigenvalue weighted by Crippen LogP contribution is -2.16. The molecule has 0 unspecified atom stereocenters. The van der Waals surface area contributed by atoms with E-state index in [1.807, 2.05) is 6.92 Å². The van der Waals surface area contributed by atoms with Crippen LogP contribution in [-0.4, -0.2) is 25.3 Å². The molecule has 0 radical (unpaired) electrons. The largest absolute Gasteiger partial charge is 0.490 e. The van der Waals surface area contributed by atoms with Gasteiger partial charge in [0.15, 0.2) is 11.5 Å². The number of carbonyl (C=O) groups is 1. The van der Waals surface area contributed by atoms with Crippen molar-refractivity contribution in [2.24, 2.45) is 5.10 Å². The van der Waals surface area contributed by atoms with E-state index >= 15 is 0 Å². The average molecular weight is 287 g/mol. The second-order valence-electron chi connectivity index (χ2n) is 3.87. The molecule has 0 aromatic heterocycles. The summed E-state index contributed by atoms with van der Waals surface area (Å²) in [5.41, 5.74) is 2.99. The summed E-state index contributed by atoms with van der Waals surface area (Å²) in [6.07, 6.45) is 2.89. The molecule has 110 valence electrons. The molecule has 6 nitrogen and oxygen atoms in total. The zero-order valence-corrected chi connectivity index (χ0v) is 11.8. The minimum atomic E-state index is -0.454. The Morgan fingerprint density at radius 3 is 2.95 bits per heavy atom. The predicted octanol–water partition coefficient (Wildman–Crippen LogP) is 2.01. The van der Waals surface area contributed by atoms with Crippen molar-refractivity contribution in [1.29, 1.82) is 5.26 Å². The second-order valence-corrected chi connectivity index (χ2v) is 3.87. The van der Waals surface area contributed by atoms with Gasteiger partial charge in [-0.25, -0.2) is 5.43 Å². The number of rotatable bonds is 8. The van der Waals surface area contributed by atoms with Gasteiger partial charge in [0.1, 0.15) is 13.0 Å². The number of nitrogens with zero attached hydrogens (tertiary/aromatic N) is 2. The summed E-state index contributed by atoms with van der Waals surface area (Å²) >= 11 is 0. The maximum Gasteiger partial charge on any atom is 0.254 e. The third-order valence-corrected chi connectivity index (χ3v) is 2.27. The molecule has 1 aromatic rings. The van der Waals surface area contributed by atoms with Crippen LogP contribution < -0.4 is 14.9 Å². The Morgan fingerprint density at radius 2 is 2.29 bits per heavy atom. The highest BCUT2D eigenvalue weighted by Crippen LogP contribution is 2.28. The van der Waals surface area contributed by atoms with Gasteiger partial charge in [0.25, 0.3) is 5.91 Å². The van der Waals surface area contributed by atoms with Gasteiger partial charge in [0.05, 0.1) is 18.9 Å². The molecule has 21 heavy (non-hydrogen) atoms. The summed E-state index contributed by atoms with van der Waals surface area (Å²) in [6.45, 7) is 6.36. The van der Waals surface area contributed by atoms with Crippen LogP contribution in [0.4, 0.5) is 0 Å². The quantitative estimate of drug-likeness (QED) is 0.450. The van der Waals surface area contributed by atoms with Gasteiger partial charge in [-0.1, -0.05) is 12.7 Å². The van der Waals surface area contributed by atoms with Gasteiger partial charge in [0, 0.05) is 0 Å². The van der Waals surface area contributed by atoms with E-state index in [-0.39, 0.29) is 6.42 Å². The van der Waals surface area contributed by atoms with Crippen molar-refractivity contribution in [3.05, 3.63) is 36.4 Å². The lowest BCUT2D eigenvalue weighted by atomic mass is 10.2. The number of hydrogen-bond acceptors (Lipinski definition) is 5. The van der Waals surface area contributed by atoms with E-state index in [4.69, 9.17) is 14.7 Å². The Labute approximate surface area is 123 Å². The molecule has 0 aliphatic rings. The standard InChI is InChI=1S/C15H17N3O3/c1-3-9-21-13-6-5-12(10-14(13)20-4-2)11-17-18-15(19)7-8-16/h3,5-6,10-11H,1,4,7,9H2,2H3,(H,18,19)/b17-11+. The van der Waals surface area contributed by atoms with E-state index in [2.05, 4.69) is 17.1 Å². The molecule has 1 amide bonds. The lowest BCUT2D eigenvalue weighted by Gasteiger charge is -2.11. The summed E-state index contributed by atoms with van der Waals surface area (Å²) in [7, 11) is 0. The molecular formula is C15H17N3O3. The summed E-state index contributed by atoms with van der Waals surface area (Å²) in [4.78, 5) is 11.1. The third kappa shape index (κ3) is 5.78. The zero-order chi connectivity index (χ0) is 15.5. The normalized spacial score (nSPS) is 9.90. The number of benzene rings is 1. The van der Waals surface area contributed by atoms with Crippen LogP contribution in [-0.2, 0) is 4.79 Å². The molecule has 0 saturated carbocycles. The molecule has 0 saturated heterocycles. The molecule has 1 N–H and O–H groups in total. The SMILES string of the molecule is C=CCOc1ccc(/C=N/NC(=O)CC#N)cc1OCC. The first kappa shape index (κ1) is 16.2. The van der Waals surface area contributed by atoms with Crippen LogP contribution in [0.15, 0.2) is 36.0 Å². The van der Waals surface area contributed by atoms with Crippen molar-refractivity contribution in [3.8, 4) is 17.6 Å². The van der Waals surface area contributed by atoms with Gasteiger partial charge in [0.2, 0.25) is 0 Å². The maximum absolute atomic E-state index is 11.1. The van der Waals surface area contributed by atoms with Crippen molar-refractivity contribution >= 4 is 12.1 Å². The van der Waals surface area contributed by atoms with Gasteiger partial charge in [-0.05, 0) is 30.7 Å². The molecule has 6 heteroatoms. The number of ether oxygens (including phenoxy) is 2. The van der Waals surface area contributed by atoms with E-state index in [0.29, 0.717) is 24.7 Å². The van der Waals surface area contributed by atoms with E-state index < -0.39 is 5.91 Å². The Kier molecular flexibility index (Phi) is 7.08. The first-order chi connectivity index (χ1) is 10.2. The van der Waals surface area contributed by atoms with Gasteiger partial charge < -0.3 is 9.47 Å². The molecule has 0 aliphatic carbocycles. The smallest absolute Gasteiger partial charge is 0.254 e. The zero-order valence-electron chi connectivity index (χ0n) is 11.8. The first-order valence-corrected chi connectivity index (χ1v) is 6.40. The number of nitriles is 1. The minimum Gasteiger partial charge on any atom is -0.490 e. The van der Waals surface area contributed by atoms with Gasteiger partial charge >= 0.3 is 0 Å². The number of amides is 1. The molecule has 0 fully saturated rings. The monoisotopic (exact) mass is 287 g/mol. The number of nitrogens with one attached hydrogen (secondary N) is 1. The molecule has 1 aromatic carbocycles.